The van der Waals surface area contributed by atoms with Gasteiger partial charge < -0.3 is 0 Å². The summed E-state index contributed by atoms with van der Waals surface area (Å²) in [5.41, 5.74) is 1.75. The summed E-state index contributed by atoms with van der Waals surface area (Å²) in [6.07, 6.45) is 6.56. The Morgan fingerprint density at radius 1 is 0.605 bits per heavy atom. The van der Waals surface area contributed by atoms with Crippen molar-refractivity contribution in [3.8, 4) is 0 Å². The largest absolute Gasteiger partial charge is 0.294 e. The molecule has 0 bridgehead atoms. The van der Waals surface area contributed by atoms with Gasteiger partial charge in [-0.05, 0) is 47.5 Å². The highest BCUT2D eigenvalue weighted by Crippen LogP contribution is 2.59. The second-order valence-electron chi connectivity index (χ2n) is 9.01. The number of Topliss-reactive ketones (excluding diaryl/α,β-unsaturated/α-hetero) is 2. The molecule has 1 fully saturated rings. The van der Waals surface area contributed by atoms with Crippen LogP contribution in [0.4, 0.5) is 11.4 Å². The molecule has 10 nitrogen and oxygen atoms in total. The lowest BCUT2D eigenvalue weighted by molar-refractivity contribution is -0.385. The molecule has 2 heterocycles. The third-order valence-corrected chi connectivity index (χ3v) is 7.02. The van der Waals surface area contributed by atoms with Crippen molar-refractivity contribution in [2.45, 2.75) is 11.8 Å². The second kappa shape index (κ2) is 10.1. The summed E-state index contributed by atoms with van der Waals surface area (Å²) in [4.78, 5) is 57.4. The summed E-state index contributed by atoms with van der Waals surface area (Å²) in [5.74, 6) is -3.07. The minimum absolute atomic E-state index is 0.147. The van der Waals surface area contributed by atoms with Gasteiger partial charge in [-0.2, -0.15) is 0 Å². The fraction of sp³-hybridized carbons (Fsp3) is 0.143. The Bertz CT molecular complexity index is 1390. The van der Waals surface area contributed by atoms with E-state index in [1.807, 2.05) is 12.1 Å². The van der Waals surface area contributed by atoms with E-state index in [9.17, 15) is 29.8 Å². The van der Waals surface area contributed by atoms with E-state index in [-0.39, 0.29) is 34.1 Å². The van der Waals surface area contributed by atoms with Gasteiger partial charge in [0.15, 0.2) is 11.6 Å². The molecule has 10 heteroatoms. The molecule has 4 atom stereocenters. The molecule has 5 rings (SSSR count). The van der Waals surface area contributed by atoms with Crippen molar-refractivity contribution >= 4 is 22.9 Å². The number of hydrogen-bond acceptors (Lipinski definition) is 8. The highest BCUT2D eigenvalue weighted by atomic mass is 16.6. The van der Waals surface area contributed by atoms with Crippen LogP contribution in [-0.4, -0.2) is 31.4 Å². The monoisotopic (exact) mass is 508 g/mol. The van der Waals surface area contributed by atoms with Crippen molar-refractivity contribution in [3.63, 3.8) is 0 Å². The number of non-ortho nitro benzene ring substituents is 2. The number of hydrogen-bond donors (Lipinski definition) is 0. The topological polar surface area (TPSA) is 146 Å². The van der Waals surface area contributed by atoms with Crippen LogP contribution in [0.1, 0.15) is 43.7 Å². The van der Waals surface area contributed by atoms with Gasteiger partial charge in [0.2, 0.25) is 0 Å². The Morgan fingerprint density at radius 2 is 0.974 bits per heavy atom. The number of ketones is 2. The van der Waals surface area contributed by atoms with Crippen LogP contribution in [0.2, 0.25) is 0 Å². The lowest BCUT2D eigenvalue weighted by Crippen LogP contribution is -2.51. The summed E-state index contributed by atoms with van der Waals surface area (Å²) < 4.78 is 0. The number of benzene rings is 2. The van der Waals surface area contributed by atoms with Crippen LogP contribution in [0.3, 0.4) is 0 Å². The highest BCUT2D eigenvalue weighted by Gasteiger charge is 2.58. The van der Waals surface area contributed by atoms with Crippen LogP contribution in [-0.2, 0) is 0 Å². The number of aromatic nitrogens is 2. The fourth-order valence-corrected chi connectivity index (χ4v) is 5.26. The predicted molar refractivity (Wildman–Crippen MR) is 136 cm³/mol. The van der Waals surface area contributed by atoms with Gasteiger partial charge in [0.05, 0.1) is 9.85 Å². The van der Waals surface area contributed by atoms with Crippen LogP contribution in [0.15, 0.2) is 97.6 Å². The van der Waals surface area contributed by atoms with Crippen LogP contribution in [0.5, 0.6) is 0 Å². The van der Waals surface area contributed by atoms with E-state index in [4.69, 9.17) is 0 Å². The number of nitro groups is 2. The first-order valence-electron chi connectivity index (χ1n) is 11.7. The zero-order chi connectivity index (χ0) is 26.8. The van der Waals surface area contributed by atoms with E-state index >= 15 is 0 Å². The van der Waals surface area contributed by atoms with Crippen molar-refractivity contribution in [1.29, 1.82) is 0 Å². The summed E-state index contributed by atoms with van der Waals surface area (Å²) >= 11 is 0. The molecule has 1 aliphatic carbocycles. The fourth-order valence-electron chi connectivity index (χ4n) is 5.26. The molecule has 2 aromatic heterocycles. The maximum atomic E-state index is 13.9. The Balaban J connectivity index is 1.61. The third-order valence-electron chi connectivity index (χ3n) is 7.02. The average Bonchev–Trinajstić information content (AvgIpc) is 2.93. The van der Waals surface area contributed by atoms with Crippen molar-refractivity contribution in [2.24, 2.45) is 11.8 Å². The first-order chi connectivity index (χ1) is 18.4. The van der Waals surface area contributed by atoms with E-state index in [1.54, 1.807) is 36.9 Å². The standard InChI is InChI=1S/C28H20N4O6/c33-27(17-5-9-21(10-6-17)31(35)36)25-23(19-3-1-13-29-15-19)24(20-4-2-14-30-16-20)26(25)28(34)18-7-11-22(12-8-18)32(37)38/h1-16,23-26H/t23-,24+,25+,26-. The first kappa shape index (κ1) is 24.6. The number of pyridine rings is 2. The van der Waals surface area contributed by atoms with Crippen molar-refractivity contribution in [3.05, 3.63) is 140 Å². The van der Waals surface area contributed by atoms with Gasteiger partial charge in [0.25, 0.3) is 11.4 Å². The average molecular weight is 508 g/mol. The van der Waals surface area contributed by atoms with Crippen LogP contribution < -0.4 is 0 Å². The zero-order valence-electron chi connectivity index (χ0n) is 19.8. The first-order valence-corrected chi connectivity index (χ1v) is 11.7. The third kappa shape index (κ3) is 4.43. The Morgan fingerprint density at radius 3 is 1.26 bits per heavy atom. The second-order valence-corrected chi connectivity index (χ2v) is 9.01. The van der Waals surface area contributed by atoms with E-state index in [0.29, 0.717) is 0 Å². The van der Waals surface area contributed by atoms with Crippen LogP contribution in [0, 0.1) is 32.1 Å². The molecule has 0 amide bonds. The molecule has 2 aromatic carbocycles. The number of nitrogens with zero attached hydrogens (tertiary/aromatic N) is 4. The summed E-state index contributed by atoms with van der Waals surface area (Å²) in [7, 11) is 0. The minimum atomic E-state index is -0.798. The van der Waals surface area contributed by atoms with Gasteiger partial charge in [-0.1, -0.05) is 12.1 Å². The van der Waals surface area contributed by atoms with Gasteiger partial charge in [0, 0.05) is 83.9 Å². The van der Waals surface area contributed by atoms with Crippen molar-refractivity contribution in [1.82, 2.24) is 9.97 Å². The Kier molecular flexibility index (Phi) is 6.53. The maximum Gasteiger partial charge on any atom is 0.269 e. The number of carbonyl (C=O) groups is 2. The van der Waals surface area contributed by atoms with Gasteiger partial charge in [-0.15, -0.1) is 0 Å². The molecule has 0 radical (unpaired) electrons. The van der Waals surface area contributed by atoms with Gasteiger partial charge >= 0.3 is 0 Å². The Hall–Kier alpha value is -5.12. The van der Waals surface area contributed by atoms with E-state index in [2.05, 4.69) is 9.97 Å². The van der Waals surface area contributed by atoms with Gasteiger partial charge in [-0.25, -0.2) is 0 Å². The van der Waals surface area contributed by atoms with E-state index in [0.717, 1.165) is 11.1 Å². The molecule has 0 spiro atoms. The number of nitro benzene ring substituents is 2. The SMILES string of the molecule is O=C(c1ccc([N+](=O)[O-])cc1)[C@@H]1[C@H](C(=O)c2ccc([N+](=O)[O-])cc2)[C@@H](c2cccnc2)[C@H]1c1cccnc1. The van der Waals surface area contributed by atoms with Crippen LogP contribution in [0.25, 0.3) is 0 Å². The lowest BCUT2D eigenvalue weighted by atomic mass is 9.49. The maximum absolute atomic E-state index is 13.9. The van der Waals surface area contributed by atoms with Crippen LogP contribution >= 0.6 is 0 Å². The minimum Gasteiger partial charge on any atom is -0.294 e. The molecule has 1 aliphatic rings. The molecule has 0 saturated heterocycles. The summed E-state index contributed by atoms with van der Waals surface area (Å²) in [5, 5.41) is 22.2. The number of rotatable bonds is 8. The van der Waals surface area contributed by atoms with E-state index < -0.39 is 33.5 Å². The van der Waals surface area contributed by atoms with Gasteiger partial charge in [0.1, 0.15) is 0 Å². The van der Waals surface area contributed by atoms with Crippen molar-refractivity contribution in [2.75, 3.05) is 0 Å². The van der Waals surface area contributed by atoms with Crippen molar-refractivity contribution < 1.29 is 19.4 Å². The lowest BCUT2D eigenvalue weighted by Gasteiger charge is -2.51. The zero-order valence-corrected chi connectivity index (χ0v) is 19.8. The molecule has 38 heavy (non-hydrogen) atoms. The van der Waals surface area contributed by atoms with Gasteiger partial charge in [-0.3, -0.25) is 39.8 Å². The summed E-state index contributed by atoms with van der Waals surface area (Å²) in [6.45, 7) is 0. The molecule has 0 unspecified atom stereocenters. The molecule has 0 aliphatic heterocycles. The molecule has 4 aromatic rings. The molecule has 0 N–H and O–H groups in total. The van der Waals surface area contributed by atoms with E-state index in [1.165, 1.54) is 48.5 Å². The highest BCUT2D eigenvalue weighted by molar-refractivity contribution is 6.07. The molecular formula is C28H20N4O6. The smallest absolute Gasteiger partial charge is 0.269 e. The Labute approximate surface area is 216 Å². The molecular weight excluding hydrogens is 488 g/mol. The normalized spacial score (nSPS) is 20.2. The quantitative estimate of drug-likeness (QED) is 0.180. The molecule has 188 valence electrons. The predicted octanol–water partition coefficient (Wildman–Crippen LogP) is 5.17. The number of carbonyl (C=O) groups excluding carboxylic acids is 2. The summed E-state index contributed by atoms with van der Waals surface area (Å²) in [6, 6.07) is 17.8. The molecule has 1 saturated carbocycles.